The molecule has 0 radical (unpaired) electrons. The molecule has 4 rings (SSSR count). The third-order valence-corrected chi connectivity index (χ3v) is 5.02. The highest BCUT2D eigenvalue weighted by Gasteiger charge is 2.24. The fourth-order valence-corrected chi connectivity index (χ4v) is 3.74. The molecule has 0 saturated carbocycles. The van der Waals surface area contributed by atoms with E-state index in [1.54, 1.807) is 11.3 Å². The summed E-state index contributed by atoms with van der Waals surface area (Å²) in [6, 6.07) is 15.2. The molecule has 22 heavy (non-hydrogen) atoms. The van der Waals surface area contributed by atoms with Crippen LogP contribution in [0.1, 0.15) is 16.7 Å². The Balaban J connectivity index is 1.55. The van der Waals surface area contributed by atoms with Crippen LogP contribution in [0.15, 0.2) is 54.0 Å². The normalized spacial score (nSPS) is 19.5. The van der Waals surface area contributed by atoms with Crippen LogP contribution >= 0.6 is 11.3 Å². The third kappa shape index (κ3) is 2.77. The Labute approximate surface area is 134 Å². The molecule has 112 valence electrons. The van der Waals surface area contributed by atoms with Gasteiger partial charge < -0.3 is 4.74 Å². The van der Waals surface area contributed by atoms with E-state index in [9.17, 15) is 0 Å². The molecule has 1 aromatic heterocycles. The summed E-state index contributed by atoms with van der Waals surface area (Å²) in [5, 5.41) is 5.76. The van der Waals surface area contributed by atoms with Gasteiger partial charge in [0.1, 0.15) is 11.1 Å². The average molecular weight is 310 g/mol. The Morgan fingerprint density at radius 2 is 2.09 bits per heavy atom. The molecule has 0 bridgehead atoms. The number of benzene rings is 2. The summed E-state index contributed by atoms with van der Waals surface area (Å²) in [5.41, 5.74) is 1.39. The Morgan fingerprint density at radius 1 is 1.18 bits per heavy atom. The second kappa shape index (κ2) is 6.16. The molecular formula is C18H18N2OS. The largest absolute Gasteiger partial charge is 0.368 e. The summed E-state index contributed by atoms with van der Waals surface area (Å²) in [6.07, 6.45) is 1.97. The number of rotatable bonds is 3. The Morgan fingerprint density at radius 3 is 3.00 bits per heavy atom. The second-order valence-electron chi connectivity index (χ2n) is 5.60. The fourth-order valence-electron chi connectivity index (χ4n) is 3.06. The first-order valence-electron chi connectivity index (χ1n) is 7.60. The summed E-state index contributed by atoms with van der Waals surface area (Å²) < 4.78 is 5.88. The van der Waals surface area contributed by atoms with E-state index in [1.807, 2.05) is 11.6 Å². The van der Waals surface area contributed by atoms with Gasteiger partial charge in [-0.1, -0.05) is 42.5 Å². The van der Waals surface area contributed by atoms with E-state index in [-0.39, 0.29) is 6.10 Å². The molecule has 1 aliphatic rings. The minimum absolute atomic E-state index is 0.115. The zero-order chi connectivity index (χ0) is 14.8. The van der Waals surface area contributed by atoms with Gasteiger partial charge in [-0.25, -0.2) is 4.98 Å². The van der Waals surface area contributed by atoms with Gasteiger partial charge in [0.15, 0.2) is 0 Å². The molecular weight excluding hydrogens is 292 g/mol. The molecule has 0 spiro atoms. The monoisotopic (exact) mass is 310 g/mol. The van der Waals surface area contributed by atoms with E-state index in [4.69, 9.17) is 4.74 Å². The van der Waals surface area contributed by atoms with Gasteiger partial charge in [-0.05, 0) is 16.3 Å². The van der Waals surface area contributed by atoms with Crippen molar-refractivity contribution in [2.75, 3.05) is 19.7 Å². The molecule has 1 aliphatic heterocycles. The highest BCUT2D eigenvalue weighted by molar-refractivity contribution is 7.09. The van der Waals surface area contributed by atoms with Gasteiger partial charge in [-0.15, -0.1) is 11.3 Å². The number of morpholine rings is 1. The predicted octanol–water partition coefficient (Wildman–Crippen LogP) is 3.87. The molecule has 3 aromatic rings. The SMILES string of the molecule is c1ccc2c(CN3CCOC(c4nccs4)C3)cccc2c1. The zero-order valence-corrected chi connectivity index (χ0v) is 13.1. The molecule has 2 heterocycles. The summed E-state index contributed by atoms with van der Waals surface area (Å²) in [7, 11) is 0. The van der Waals surface area contributed by atoms with Gasteiger partial charge >= 0.3 is 0 Å². The molecule has 0 N–H and O–H groups in total. The summed E-state index contributed by atoms with van der Waals surface area (Å²) in [6.45, 7) is 3.63. The van der Waals surface area contributed by atoms with E-state index >= 15 is 0 Å². The Bertz CT molecular complexity index is 751. The lowest BCUT2D eigenvalue weighted by atomic mass is 10.0. The first-order valence-corrected chi connectivity index (χ1v) is 8.48. The minimum atomic E-state index is 0.115. The van der Waals surface area contributed by atoms with Gasteiger partial charge in [-0.2, -0.15) is 0 Å². The zero-order valence-electron chi connectivity index (χ0n) is 12.3. The quantitative estimate of drug-likeness (QED) is 0.734. The van der Waals surface area contributed by atoms with Crippen molar-refractivity contribution in [3.8, 4) is 0 Å². The predicted molar refractivity (Wildman–Crippen MR) is 90.0 cm³/mol. The lowest BCUT2D eigenvalue weighted by Gasteiger charge is -2.32. The van der Waals surface area contributed by atoms with Gasteiger partial charge in [-0.3, -0.25) is 4.90 Å². The summed E-state index contributed by atoms with van der Waals surface area (Å²) in [4.78, 5) is 6.87. The summed E-state index contributed by atoms with van der Waals surface area (Å²) in [5.74, 6) is 0. The molecule has 0 amide bonds. The van der Waals surface area contributed by atoms with Crippen molar-refractivity contribution in [1.82, 2.24) is 9.88 Å². The number of fused-ring (bicyclic) bond motifs is 1. The number of hydrogen-bond acceptors (Lipinski definition) is 4. The smallest absolute Gasteiger partial charge is 0.123 e. The standard InChI is InChI=1S/C18H18N2OS/c1-2-7-16-14(4-1)5-3-6-15(16)12-20-9-10-21-17(13-20)18-19-8-11-22-18/h1-8,11,17H,9-10,12-13H2. The molecule has 0 aliphatic carbocycles. The van der Waals surface area contributed by atoms with Crippen molar-refractivity contribution >= 4 is 22.1 Å². The number of ether oxygens (including phenoxy) is 1. The second-order valence-corrected chi connectivity index (χ2v) is 6.53. The first-order chi connectivity index (χ1) is 10.9. The molecule has 1 fully saturated rings. The minimum Gasteiger partial charge on any atom is -0.368 e. The fraction of sp³-hybridized carbons (Fsp3) is 0.278. The van der Waals surface area contributed by atoms with Crippen molar-refractivity contribution in [2.45, 2.75) is 12.6 Å². The topological polar surface area (TPSA) is 25.4 Å². The van der Waals surface area contributed by atoms with Crippen LogP contribution in [0, 0.1) is 0 Å². The highest BCUT2D eigenvalue weighted by atomic mass is 32.1. The maximum atomic E-state index is 5.88. The third-order valence-electron chi connectivity index (χ3n) is 4.15. The van der Waals surface area contributed by atoms with Crippen LogP contribution in [-0.4, -0.2) is 29.6 Å². The van der Waals surface area contributed by atoms with E-state index in [0.29, 0.717) is 0 Å². The van der Waals surface area contributed by atoms with E-state index < -0.39 is 0 Å². The number of nitrogens with zero attached hydrogens (tertiary/aromatic N) is 2. The maximum Gasteiger partial charge on any atom is 0.123 e. The molecule has 4 heteroatoms. The maximum absolute atomic E-state index is 5.88. The molecule has 1 atom stereocenters. The lowest BCUT2D eigenvalue weighted by Crippen LogP contribution is -2.37. The van der Waals surface area contributed by atoms with Crippen LogP contribution in [0.25, 0.3) is 10.8 Å². The molecule has 1 saturated heterocycles. The van der Waals surface area contributed by atoms with Crippen LogP contribution in [0.2, 0.25) is 0 Å². The number of thiazole rings is 1. The van der Waals surface area contributed by atoms with Gasteiger partial charge in [0, 0.05) is 31.2 Å². The lowest BCUT2D eigenvalue weighted by molar-refractivity contribution is -0.0328. The van der Waals surface area contributed by atoms with Crippen LogP contribution in [-0.2, 0) is 11.3 Å². The van der Waals surface area contributed by atoms with E-state index in [2.05, 4.69) is 52.3 Å². The molecule has 1 unspecified atom stereocenters. The Kier molecular flexibility index (Phi) is 3.89. The van der Waals surface area contributed by atoms with Gasteiger partial charge in [0.2, 0.25) is 0 Å². The van der Waals surface area contributed by atoms with Gasteiger partial charge in [0.05, 0.1) is 6.61 Å². The van der Waals surface area contributed by atoms with Gasteiger partial charge in [0.25, 0.3) is 0 Å². The van der Waals surface area contributed by atoms with Crippen molar-refractivity contribution in [2.24, 2.45) is 0 Å². The van der Waals surface area contributed by atoms with Crippen molar-refractivity contribution in [3.05, 3.63) is 64.6 Å². The van der Waals surface area contributed by atoms with Crippen LogP contribution in [0.3, 0.4) is 0 Å². The van der Waals surface area contributed by atoms with E-state index in [1.165, 1.54) is 16.3 Å². The molecule has 2 aromatic carbocycles. The number of hydrogen-bond donors (Lipinski definition) is 0. The summed E-state index contributed by atoms with van der Waals surface area (Å²) >= 11 is 1.68. The van der Waals surface area contributed by atoms with Crippen LogP contribution in [0.4, 0.5) is 0 Å². The van der Waals surface area contributed by atoms with Crippen LogP contribution in [0.5, 0.6) is 0 Å². The van der Waals surface area contributed by atoms with Crippen LogP contribution < -0.4 is 0 Å². The van der Waals surface area contributed by atoms with Crippen molar-refractivity contribution in [3.63, 3.8) is 0 Å². The first kappa shape index (κ1) is 13.9. The average Bonchev–Trinajstić information content (AvgIpc) is 3.10. The van der Waals surface area contributed by atoms with Crippen molar-refractivity contribution < 1.29 is 4.74 Å². The van der Waals surface area contributed by atoms with E-state index in [0.717, 1.165) is 31.2 Å². The number of aromatic nitrogens is 1. The highest BCUT2D eigenvalue weighted by Crippen LogP contribution is 2.26. The van der Waals surface area contributed by atoms with Crippen molar-refractivity contribution in [1.29, 1.82) is 0 Å². The Hall–Kier alpha value is -1.75. The molecule has 3 nitrogen and oxygen atoms in total.